The number of esters is 1. The Kier molecular flexibility index (Phi) is 7.01. The molecule has 0 heterocycles. The first-order valence-electron chi connectivity index (χ1n) is 7.87. The summed E-state index contributed by atoms with van der Waals surface area (Å²) < 4.78 is 18.0. The summed E-state index contributed by atoms with van der Waals surface area (Å²) in [5, 5.41) is 2.71. The minimum Gasteiger partial charge on any atom is -0.449 e. The third-order valence-corrected chi connectivity index (χ3v) is 4.35. The van der Waals surface area contributed by atoms with Crippen molar-refractivity contribution in [3.63, 3.8) is 0 Å². The SMILES string of the molecule is CSc1ccc(C(=O)O[C@@H](C)C(=O)NCCc2ccc(F)cc2)cc1. The van der Waals surface area contributed by atoms with E-state index in [1.54, 1.807) is 36.0 Å². The van der Waals surface area contributed by atoms with Gasteiger partial charge in [-0.25, -0.2) is 9.18 Å². The Bertz CT molecular complexity index is 716. The summed E-state index contributed by atoms with van der Waals surface area (Å²) in [5.74, 6) is -1.19. The maximum atomic E-state index is 12.8. The molecule has 25 heavy (non-hydrogen) atoms. The zero-order valence-corrected chi connectivity index (χ0v) is 14.9. The molecular weight excluding hydrogens is 341 g/mol. The number of nitrogens with one attached hydrogen (secondary N) is 1. The summed E-state index contributed by atoms with van der Waals surface area (Å²) in [7, 11) is 0. The van der Waals surface area contributed by atoms with Gasteiger partial charge >= 0.3 is 5.97 Å². The fraction of sp³-hybridized carbons (Fsp3) is 0.263. The van der Waals surface area contributed by atoms with Crippen molar-refractivity contribution in [1.29, 1.82) is 0 Å². The van der Waals surface area contributed by atoms with Gasteiger partial charge in [0.15, 0.2) is 6.10 Å². The van der Waals surface area contributed by atoms with E-state index in [1.165, 1.54) is 19.1 Å². The zero-order valence-electron chi connectivity index (χ0n) is 14.1. The van der Waals surface area contributed by atoms with Crippen LogP contribution in [0, 0.1) is 5.82 Å². The van der Waals surface area contributed by atoms with Gasteiger partial charge in [0, 0.05) is 11.4 Å². The normalized spacial score (nSPS) is 11.6. The molecule has 0 bridgehead atoms. The Balaban J connectivity index is 1.78. The highest BCUT2D eigenvalue weighted by Crippen LogP contribution is 2.15. The van der Waals surface area contributed by atoms with Crippen molar-refractivity contribution in [1.82, 2.24) is 5.32 Å². The number of rotatable bonds is 7. The van der Waals surface area contributed by atoms with Crippen molar-refractivity contribution in [2.24, 2.45) is 0 Å². The van der Waals surface area contributed by atoms with Crippen molar-refractivity contribution < 1.29 is 18.7 Å². The van der Waals surface area contributed by atoms with Crippen LogP contribution in [0.1, 0.15) is 22.8 Å². The minimum absolute atomic E-state index is 0.293. The van der Waals surface area contributed by atoms with Crippen LogP contribution in [0.5, 0.6) is 0 Å². The van der Waals surface area contributed by atoms with Gasteiger partial charge in [-0.15, -0.1) is 11.8 Å². The highest BCUT2D eigenvalue weighted by atomic mass is 32.2. The number of hydrogen-bond acceptors (Lipinski definition) is 4. The first-order valence-corrected chi connectivity index (χ1v) is 9.09. The van der Waals surface area contributed by atoms with Crippen LogP contribution in [0.2, 0.25) is 0 Å². The van der Waals surface area contributed by atoms with E-state index in [0.717, 1.165) is 10.5 Å². The van der Waals surface area contributed by atoms with Gasteiger partial charge in [-0.3, -0.25) is 4.79 Å². The maximum Gasteiger partial charge on any atom is 0.338 e. The molecule has 0 aliphatic carbocycles. The topological polar surface area (TPSA) is 55.4 Å². The number of benzene rings is 2. The molecule has 0 spiro atoms. The Hall–Kier alpha value is -2.34. The molecule has 0 aromatic heterocycles. The zero-order chi connectivity index (χ0) is 18.2. The van der Waals surface area contributed by atoms with Crippen LogP contribution >= 0.6 is 11.8 Å². The first-order chi connectivity index (χ1) is 12.0. The number of carbonyl (C=O) groups is 2. The van der Waals surface area contributed by atoms with E-state index in [9.17, 15) is 14.0 Å². The quantitative estimate of drug-likeness (QED) is 0.606. The second-order valence-electron chi connectivity index (χ2n) is 5.44. The molecular formula is C19H20FNO3S. The van der Waals surface area contributed by atoms with Gasteiger partial charge in [0.25, 0.3) is 5.91 Å². The lowest BCUT2D eigenvalue weighted by Gasteiger charge is -2.13. The van der Waals surface area contributed by atoms with Crippen LogP contribution in [0.3, 0.4) is 0 Å². The van der Waals surface area contributed by atoms with Gasteiger partial charge in [-0.05, 0) is 61.6 Å². The number of amides is 1. The fourth-order valence-corrected chi connectivity index (χ4v) is 2.54. The highest BCUT2D eigenvalue weighted by molar-refractivity contribution is 7.98. The molecule has 0 saturated heterocycles. The van der Waals surface area contributed by atoms with Gasteiger partial charge in [-0.2, -0.15) is 0 Å². The van der Waals surface area contributed by atoms with E-state index in [-0.39, 0.29) is 11.7 Å². The Morgan fingerprint density at radius 3 is 2.36 bits per heavy atom. The van der Waals surface area contributed by atoms with E-state index in [2.05, 4.69) is 5.32 Å². The first kappa shape index (κ1) is 19.0. The molecule has 0 unspecified atom stereocenters. The minimum atomic E-state index is -0.888. The van der Waals surface area contributed by atoms with Crippen LogP contribution in [-0.4, -0.2) is 30.8 Å². The summed E-state index contributed by atoms with van der Waals surface area (Å²) in [6.45, 7) is 1.91. The second-order valence-corrected chi connectivity index (χ2v) is 6.32. The number of ether oxygens (including phenoxy) is 1. The summed E-state index contributed by atoms with van der Waals surface area (Å²) >= 11 is 1.58. The average molecular weight is 361 g/mol. The van der Waals surface area contributed by atoms with Gasteiger partial charge in [0.2, 0.25) is 0 Å². The third kappa shape index (κ3) is 5.90. The molecule has 0 aliphatic rings. The number of halogens is 1. The predicted octanol–water partition coefficient (Wildman–Crippen LogP) is 3.45. The number of carbonyl (C=O) groups excluding carboxylic acids is 2. The molecule has 2 rings (SSSR count). The Morgan fingerprint density at radius 1 is 1.12 bits per heavy atom. The molecule has 1 atom stereocenters. The van der Waals surface area contributed by atoms with Crippen molar-refractivity contribution in [2.75, 3.05) is 12.8 Å². The van der Waals surface area contributed by atoms with E-state index in [0.29, 0.717) is 18.5 Å². The summed E-state index contributed by atoms with van der Waals surface area (Å²) in [6, 6.07) is 13.1. The molecule has 6 heteroatoms. The Morgan fingerprint density at radius 2 is 1.76 bits per heavy atom. The van der Waals surface area contributed by atoms with E-state index in [4.69, 9.17) is 4.74 Å². The molecule has 1 N–H and O–H groups in total. The lowest BCUT2D eigenvalue weighted by atomic mass is 10.1. The molecule has 2 aromatic rings. The smallest absolute Gasteiger partial charge is 0.338 e. The average Bonchev–Trinajstić information content (AvgIpc) is 2.63. The standard InChI is InChI=1S/C19H20FNO3S/c1-13(24-19(23)15-5-9-17(25-2)10-6-15)18(22)21-12-11-14-3-7-16(20)8-4-14/h3-10,13H,11-12H2,1-2H3,(H,21,22)/t13-/m0/s1. The number of thioether (sulfide) groups is 1. The van der Waals surface area contributed by atoms with Crippen LogP contribution < -0.4 is 5.32 Å². The van der Waals surface area contributed by atoms with E-state index in [1.807, 2.05) is 18.4 Å². The van der Waals surface area contributed by atoms with Gasteiger partial charge in [0.1, 0.15) is 5.82 Å². The van der Waals surface area contributed by atoms with Crippen LogP contribution in [0.4, 0.5) is 4.39 Å². The monoisotopic (exact) mass is 361 g/mol. The molecule has 0 aliphatic heterocycles. The van der Waals surface area contributed by atoms with Gasteiger partial charge < -0.3 is 10.1 Å². The van der Waals surface area contributed by atoms with Gasteiger partial charge in [-0.1, -0.05) is 12.1 Å². The fourth-order valence-electron chi connectivity index (χ4n) is 2.13. The second kappa shape index (κ2) is 9.22. The van der Waals surface area contributed by atoms with Crippen LogP contribution in [0.15, 0.2) is 53.4 Å². The van der Waals surface area contributed by atoms with E-state index >= 15 is 0 Å². The molecule has 4 nitrogen and oxygen atoms in total. The Labute approximate surface area is 150 Å². The van der Waals surface area contributed by atoms with Crippen molar-refractivity contribution in [3.8, 4) is 0 Å². The van der Waals surface area contributed by atoms with Crippen LogP contribution in [-0.2, 0) is 16.0 Å². The van der Waals surface area contributed by atoms with Gasteiger partial charge in [0.05, 0.1) is 5.56 Å². The van der Waals surface area contributed by atoms with Crippen molar-refractivity contribution >= 4 is 23.6 Å². The third-order valence-electron chi connectivity index (χ3n) is 3.60. The summed E-state index contributed by atoms with van der Waals surface area (Å²) in [4.78, 5) is 25.1. The lowest BCUT2D eigenvalue weighted by molar-refractivity contribution is -0.129. The highest BCUT2D eigenvalue weighted by Gasteiger charge is 2.18. The van der Waals surface area contributed by atoms with E-state index < -0.39 is 12.1 Å². The number of hydrogen-bond donors (Lipinski definition) is 1. The molecule has 0 fully saturated rings. The van der Waals surface area contributed by atoms with Crippen molar-refractivity contribution in [2.45, 2.75) is 24.3 Å². The predicted molar refractivity (Wildman–Crippen MR) is 96.2 cm³/mol. The molecule has 0 radical (unpaired) electrons. The van der Waals surface area contributed by atoms with Crippen molar-refractivity contribution in [3.05, 3.63) is 65.5 Å². The molecule has 1 amide bonds. The summed E-state index contributed by atoms with van der Waals surface area (Å²) in [6.07, 6.45) is 1.63. The van der Waals surface area contributed by atoms with Crippen LogP contribution in [0.25, 0.3) is 0 Å². The summed E-state index contributed by atoms with van der Waals surface area (Å²) in [5.41, 5.74) is 1.32. The largest absolute Gasteiger partial charge is 0.449 e. The lowest BCUT2D eigenvalue weighted by Crippen LogP contribution is -2.36. The molecule has 2 aromatic carbocycles. The maximum absolute atomic E-state index is 12.8. The molecule has 132 valence electrons. The molecule has 0 saturated carbocycles.